The van der Waals surface area contributed by atoms with Gasteiger partial charge in [0, 0.05) is 39.0 Å². The van der Waals surface area contributed by atoms with E-state index in [1.807, 2.05) is 18.7 Å². The smallest absolute Gasteiger partial charge is 0.0665 e. The number of aromatic nitrogens is 2. The lowest BCUT2D eigenvalue weighted by Crippen LogP contribution is -2.21. The van der Waals surface area contributed by atoms with Crippen LogP contribution in [0.4, 0.5) is 0 Å². The Morgan fingerprint density at radius 1 is 1.59 bits per heavy atom. The lowest BCUT2D eigenvalue weighted by Gasteiger charge is -2.06. The molecule has 0 spiro atoms. The Bertz CT molecular complexity index is 369. The maximum atomic E-state index is 5.00. The van der Waals surface area contributed by atoms with E-state index < -0.39 is 0 Å². The van der Waals surface area contributed by atoms with Crippen LogP contribution in [0.3, 0.4) is 0 Å². The van der Waals surface area contributed by atoms with Gasteiger partial charge in [0.15, 0.2) is 0 Å². The van der Waals surface area contributed by atoms with Crippen molar-refractivity contribution in [3.05, 3.63) is 23.0 Å². The fourth-order valence-electron chi connectivity index (χ4n) is 1.68. The largest absolute Gasteiger partial charge is 0.383 e. The van der Waals surface area contributed by atoms with Crippen LogP contribution in [0.15, 0.2) is 11.8 Å². The van der Waals surface area contributed by atoms with Crippen molar-refractivity contribution in [1.82, 2.24) is 15.1 Å². The van der Waals surface area contributed by atoms with Crippen molar-refractivity contribution >= 4 is 6.08 Å². The zero-order valence-electron chi connectivity index (χ0n) is 11.3. The van der Waals surface area contributed by atoms with E-state index in [1.54, 1.807) is 7.11 Å². The zero-order valence-corrected chi connectivity index (χ0v) is 11.3. The van der Waals surface area contributed by atoms with Gasteiger partial charge < -0.3 is 10.1 Å². The number of nitrogens with one attached hydrogen (secondary N) is 1. The summed E-state index contributed by atoms with van der Waals surface area (Å²) in [5.74, 6) is 0. The third kappa shape index (κ3) is 4.71. The molecule has 0 saturated carbocycles. The molecule has 1 aromatic rings. The molecule has 0 aliphatic carbocycles. The van der Waals surface area contributed by atoms with Crippen molar-refractivity contribution in [2.75, 3.05) is 26.8 Å². The van der Waals surface area contributed by atoms with Crippen molar-refractivity contribution in [2.24, 2.45) is 7.05 Å². The quantitative estimate of drug-likeness (QED) is 0.734. The van der Waals surface area contributed by atoms with Gasteiger partial charge in [-0.15, -0.1) is 0 Å². The van der Waals surface area contributed by atoms with Crippen molar-refractivity contribution in [1.29, 1.82) is 0 Å². The van der Waals surface area contributed by atoms with Crippen molar-refractivity contribution in [3.8, 4) is 0 Å². The topological polar surface area (TPSA) is 39.1 Å². The maximum Gasteiger partial charge on any atom is 0.0665 e. The van der Waals surface area contributed by atoms with Gasteiger partial charge >= 0.3 is 0 Å². The summed E-state index contributed by atoms with van der Waals surface area (Å²) in [6.07, 6.45) is 5.33. The number of hydrogen-bond acceptors (Lipinski definition) is 3. The molecule has 0 aliphatic heterocycles. The average molecular weight is 237 g/mol. The van der Waals surface area contributed by atoms with E-state index in [0.29, 0.717) is 0 Å². The molecule has 4 heteroatoms. The fraction of sp³-hybridized carbons (Fsp3) is 0.615. The van der Waals surface area contributed by atoms with E-state index in [0.717, 1.165) is 31.8 Å². The van der Waals surface area contributed by atoms with Crippen LogP contribution in [-0.4, -0.2) is 36.6 Å². The highest BCUT2D eigenvalue weighted by Crippen LogP contribution is 2.12. The van der Waals surface area contributed by atoms with E-state index in [4.69, 9.17) is 4.74 Å². The fourth-order valence-corrected chi connectivity index (χ4v) is 1.68. The van der Waals surface area contributed by atoms with E-state index >= 15 is 0 Å². The molecule has 1 aromatic heterocycles. The van der Waals surface area contributed by atoms with E-state index in [-0.39, 0.29) is 0 Å². The molecule has 1 heterocycles. The molecular weight excluding hydrogens is 214 g/mol. The van der Waals surface area contributed by atoms with Crippen LogP contribution in [0.25, 0.3) is 6.08 Å². The molecule has 0 radical (unpaired) electrons. The Morgan fingerprint density at radius 3 is 2.88 bits per heavy atom. The molecule has 1 rings (SSSR count). The van der Waals surface area contributed by atoms with Gasteiger partial charge in [0.1, 0.15) is 0 Å². The molecule has 0 atom stereocenters. The highest BCUT2D eigenvalue weighted by atomic mass is 16.5. The summed E-state index contributed by atoms with van der Waals surface area (Å²) in [6.45, 7) is 6.77. The van der Waals surface area contributed by atoms with Crippen molar-refractivity contribution < 1.29 is 4.74 Å². The van der Waals surface area contributed by atoms with Gasteiger partial charge in [-0.1, -0.05) is 18.6 Å². The van der Waals surface area contributed by atoms with Gasteiger partial charge in [-0.05, 0) is 13.3 Å². The molecule has 0 saturated heterocycles. The third-order valence-electron chi connectivity index (χ3n) is 2.70. The normalized spacial score (nSPS) is 12.1. The van der Waals surface area contributed by atoms with E-state index in [1.165, 1.54) is 11.1 Å². The highest BCUT2D eigenvalue weighted by Gasteiger charge is 2.01. The summed E-state index contributed by atoms with van der Waals surface area (Å²) in [7, 11) is 3.67. The summed E-state index contributed by atoms with van der Waals surface area (Å²) >= 11 is 0. The lowest BCUT2D eigenvalue weighted by molar-refractivity contribution is 0.200. The first-order valence-electron chi connectivity index (χ1n) is 6.06. The van der Waals surface area contributed by atoms with Crippen molar-refractivity contribution in [3.63, 3.8) is 0 Å². The third-order valence-corrected chi connectivity index (χ3v) is 2.70. The number of nitrogens with zero attached hydrogens (tertiary/aromatic N) is 2. The number of hydrogen-bond donors (Lipinski definition) is 1. The minimum Gasteiger partial charge on any atom is -0.383 e. The first-order valence-corrected chi connectivity index (χ1v) is 6.06. The van der Waals surface area contributed by atoms with Crippen LogP contribution in [0, 0.1) is 6.92 Å². The van der Waals surface area contributed by atoms with Gasteiger partial charge in [0.25, 0.3) is 0 Å². The molecule has 0 aliphatic rings. The second-order valence-electron chi connectivity index (χ2n) is 4.17. The van der Waals surface area contributed by atoms with Crippen LogP contribution < -0.4 is 5.32 Å². The molecule has 0 amide bonds. The van der Waals surface area contributed by atoms with Gasteiger partial charge in [-0.25, -0.2) is 0 Å². The first kappa shape index (κ1) is 13.9. The molecule has 0 bridgehead atoms. The predicted octanol–water partition coefficient (Wildman–Crippen LogP) is 1.76. The summed E-state index contributed by atoms with van der Waals surface area (Å²) in [6, 6.07) is 0. The monoisotopic (exact) mass is 237 g/mol. The molecule has 0 aromatic carbocycles. The number of ether oxygens (including phenoxy) is 1. The molecule has 4 nitrogen and oxygen atoms in total. The predicted molar refractivity (Wildman–Crippen MR) is 71.0 cm³/mol. The summed E-state index contributed by atoms with van der Waals surface area (Å²) in [5.41, 5.74) is 3.67. The minimum atomic E-state index is 0.753. The molecule has 96 valence electrons. The Labute approximate surface area is 104 Å². The molecule has 17 heavy (non-hydrogen) atoms. The van der Waals surface area contributed by atoms with Crippen molar-refractivity contribution in [2.45, 2.75) is 20.3 Å². The average Bonchev–Trinajstić information content (AvgIpc) is 2.61. The Hall–Kier alpha value is -1.13. The molecule has 1 N–H and O–H groups in total. The second-order valence-corrected chi connectivity index (χ2v) is 4.17. The Morgan fingerprint density at radius 2 is 2.35 bits per heavy atom. The van der Waals surface area contributed by atoms with Gasteiger partial charge in [0.05, 0.1) is 12.3 Å². The van der Waals surface area contributed by atoms with Crippen LogP contribution in [-0.2, 0) is 11.8 Å². The van der Waals surface area contributed by atoms with Crippen LogP contribution in [0.1, 0.15) is 24.6 Å². The zero-order chi connectivity index (χ0) is 12.7. The van der Waals surface area contributed by atoms with Gasteiger partial charge in [-0.2, -0.15) is 5.10 Å². The number of methoxy groups -OCH3 is 1. The Balaban J connectivity index is 2.57. The maximum absolute atomic E-state index is 5.00. The lowest BCUT2D eigenvalue weighted by atomic mass is 10.1. The standard InChI is InChI=1S/C13H23N3O/c1-5-12(9-14-6-7-17-4)8-13-10-16(3)15-11(13)2/h8,10,14H,5-7,9H2,1-4H3. The SMILES string of the molecule is CCC(=Cc1cn(C)nc1C)CNCCOC. The summed E-state index contributed by atoms with van der Waals surface area (Å²) in [4.78, 5) is 0. The van der Waals surface area contributed by atoms with Gasteiger partial charge in [-0.3, -0.25) is 4.68 Å². The number of rotatable bonds is 7. The summed E-state index contributed by atoms with van der Waals surface area (Å²) < 4.78 is 6.86. The second kappa shape index (κ2) is 7.25. The highest BCUT2D eigenvalue weighted by molar-refractivity contribution is 5.54. The van der Waals surface area contributed by atoms with E-state index in [2.05, 4.69) is 29.6 Å². The van der Waals surface area contributed by atoms with E-state index in [9.17, 15) is 0 Å². The Kier molecular flexibility index (Phi) is 5.94. The van der Waals surface area contributed by atoms with Gasteiger partial charge in [0.2, 0.25) is 0 Å². The minimum absolute atomic E-state index is 0.753. The summed E-state index contributed by atoms with van der Waals surface area (Å²) in [5, 5.41) is 7.70. The van der Waals surface area contributed by atoms with Crippen LogP contribution >= 0.6 is 0 Å². The van der Waals surface area contributed by atoms with Crippen LogP contribution in [0.5, 0.6) is 0 Å². The van der Waals surface area contributed by atoms with Crippen LogP contribution in [0.2, 0.25) is 0 Å². The first-order chi connectivity index (χ1) is 8.17. The molecule has 0 unspecified atom stereocenters. The molecule has 0 fully saturated rings. The number of aryl methyl sites for hydroxylation is 2. The molecular formula is C13H23N3O.